The lowest BCUT2D eigenvalue weighted by Gasteiger charge is -2.26. The van der Waals surface area contributed by atoms with Crippen molar-refractivity contribution in [2.24, 2.45) is 5.92 Å². The van der Waals surface area contributed by atoms with Gasteiger partial charge in [-0.3, -0.25) is 4.98 Å². The molecule has 1 heterocycles. The van der Waals surface area contributed by atoms with E-state index in [4.69, 9.17) is 4.74 Å². The average molecular weight is 276 g/mol. The maximum atomic E-state index is 6.05. The number of nitrogens with zero attached hydrogens (tertiary/aromatic N) is 1. The Morgan fingerprint density at radius 1 is 1.25 bits per heavy atom. The highest BCUT2D eigenvalue weighted by molar-refractivity contribution is 5.22. The quantitative estimate of drug-likeness (QED) is 0.849. The molecule has 0 radical (unpaired) electrons. The molecule has 20 heavy (non-hydrogen) atoms. The summed E-state index contributed by atoms with van der Waals surface area (Å²) in [6.45, 7) is 7.61. The van der Waals surface area contributed by atoms with Crippen LogP contribution in [0, 0.1) is 5.92 Å². The van der Waals surface area contributed by atoms with E-state index in [1.807, 2.05) is 6.20 Å². The van der Waals surface area contributed by atoms with Crippen LogP contribution in [0.3, 0.4) is 0 Å². The molecule has 2 rings (SSSR count). The van der Waals surface area contributed by atoms with Gasteiger partial charge < -0.3 is 10.1 Å². The van der Waals surface area contributed by atoms with Crippen molar-refractivity contribution in [1.82, 2.24) is 10.3 Å². The Hall–Kier alpha value is -1.09. The van der Waals surface area contributed by atoms with Crippen LogP contribution in [-0.2, 0) is 0 Å². The summed E-state index contributed by atoms with van der Waals surface area (Å²) in [6.07, 6.45) is 8.25. The van der Waals surface area contributed by atoms with Gasteiger partial charge in [0.05, 0.1) is 18.0 Å². The summed E-state index contributed by atoms with van der Waals surface area (Å²) in [7, 11) is 0. The fourth-order valence-electron chi connectivity index (χ4n) is 2.91. The Balaban J connectivity index is 1.91. The van der Waals surface area contributed by atoms with Gasteiger partial charge in [-0.05, 0) is 56.7 Å². The maximum absolute atomic E-state index is 6.05. The number of hydrogen-bond acceptors (Lipinski definition) is 3. The van der Waals surface area contributed by atoms with Gasteiger partial charge in [-0.1, -0.05) is 20.8 Å². The predicted octanol–water partition coefficient (Wildman–Crippen LogP) is 4.10. The van der Waals surface area contributed by atoms with E-state index in [9.17, 15) is 0 Å². The summed E-state index contributed by atoms with van der Waals surface area (Å²) in [4.78, 5) is 4.56. The molecule has 0 bridgehead atoms. The van der Waals surface area contributed by atoms with Gasteiger partial charge in [-0.25, -0.2) is 0 Å². The Morgan fingerprint density at radius 3 is 2.55 bits per heavy atom. The van der Waals surface area contributed by atoms with Crippen molar-refractivity contribution >= 4 is 0 Å². The van der Waals surface area contributed by atoms with Crippen LogP contribution in [0.1, 0.15) is 64.6 Å². The summed E-state index contributed by atoms with van der Waals surface area (Å²) >= 11 is 0. The first-order valence-electron chi connectivity index (χ1n) is 8.08. The van der Waals surface area contributed by atoms with Crippen LogP contribution >= 0.6 is 0 Å². The second kappa shape index (κ2) is 7.63. The third-order valence-electron chi connectivity index (χ3n) is 4.24. The van der Waals surface area contributed by atoms with Crippen molar-refractivity contribution in [3.05, 3.63) is 24.0 Å². The second-order valence-corrected chi connectivity index (χ2v) is 5.94. The number of hydrogen-bond donors (Lipinski definition) is 1. The highest BCUT2D eigenvalue weighted by Crippen LogP contribution is 2.27. The van der Waals surface area contributed by atoms with E-state index in [0.29, 0.717) is 12.1 Å². The molecule has 1 fully saturated rings. The highest BCUT2D eigenvalue weighted by atomic mass is 16.5. The minimum Gasteiger partial charge on any atom is -0.489 e. The lowest BCUT2D eigenvalue weighted by molar-refractivity contribution is 0.135. The molecule has 0 aliphatic heterocycles. The van der Waals surface area contributed by atoms with Crippen LogP contribution in [0.25, 0.3) is 0 Å². The summed E-state index contributed by atoms with van der Waals surface area (Å²) in [5.74, 6) is 1.78. The van der Waals surface area contributed by atoms with Crippen LogP contribution in [0.5, 0.6) is 5.75 Å². The molecule has 1 N–H and O–H groups in total. The molecule has 3 nitrogen and oxygen atoms in total. The molecular weight excluding hydrogens is 248 g/mol. The van der Waals surface area contributed by atoms with Crippen molar-refractivity contribution in [2.45, 2.75) is 65.0 Å². The molecule has 3 heteroatoms. The van der Waals surface area contributed by atoms with Gasteiger partial charge in [0.2, 0.25) is 0 Å². The molecule has 1 aromatic heterocycles. The molecule has 0 aromatic carbocycles. The fourth-order valence-corrected chi connectivity index (χ4v) is 2.91. The summed E-state index contributed by atoms with van der Waals surface area (Å²) in [6, 6.07) is 4.52. The molecule has 112 valence electrons. The summed E-state index contributed by atoms with van der Waals surface area (Å²) in [5, 5.41) is 3.45. The van der Waals surface area contributed by atoms with Gasteiger partial charge in [-0.2, -0.15) is 0 Å². The van der Waals surface area contributed by atoms with Gasteiger partial charge in [0, 0.05) is 6.04 Å². The van der Waals surface area contributed by atoms with Crippen molar-refractivity contribution in [2.75, 3.05) is 6.54 Å². The number of ether oxygens (including phenoxy) is 1. The monoisotopic (exact) mass is 276 g/mol. The first-order valence-corrected chi connectivity index (χ1v) is 8.08. The summed E-state index contributed by atoms with van der Waals surface area (Å²) in [5.41, 5.74) is 1.11. The lowest BCUT2D eigenvalue weighted by Crippen LogP contribution is -2.23. The van der Waals surface area contributed by atoms with Crippen LogP contribution in [0.15, 0.2) is 18.3 Å². The van der Waals surface area contributed by atoms with Crippen molar-refractivity contribution < 1.29 is 4.74 Å². The largest absolute Gasteiger partial charge is 0.489 e. The number of nitrogens with one attached hydrogen (secondary N) is 1. The molecule has 1 aliphatic rings. The highest BCUT2D eigenvalue weighted by Gasteiger charge is 2.19. The second-order valence-electron chi connectivity index (χ2n) is 5.94. The third-order valence-corrected chi connectivity index (χ3v) is 4.24. The lowest BCUT2D eigenvalue weighted by atomic mass is 9.89. The molecule has 0 saturated heterocycles. The molecule has 1 aliphatic carbocycles. The van der Waals surface area contributed by atoms with E-state index < -0.39 is 0 Å². The zero-order chi connectivity index (χ0) is 14.4. The minimum atomic E-state index is 0.351. The van der Waals surface area contributed by atoms with Gasteiger partial charge >= 0.3 is 0 Å². The van der Waals surface area contributed by atoms with Crippen molar-refractivity contribution in [3.8, 4) is 5.75 Å². The molecule has 1 aromatic rings. The predicted molar refractivity (Wildman–Crippen MR) is 83.0 cm³/mol. The molecular formula is C17H28N2O. The smallest absolute Gasteiger partial charge is 0.138 e. The Labute approximate surface area is 123 Å². The van der Waals surface area contributed by atoms with Crippen molar-refractivity contribution in [1.29, 1.82) is 0 Å². The van der Waals surface area contributed by atoms with Gasteiger partial charge in [-0.15, -0.1) is 0 Å². The number of rotatable bonds is 6. The van der Waals surface area contributed by atoms with E-state index in [-0.39, 0.29) is 0 Å². The topological polar surface area (TPSA) is 34.1 Å². The molecule has 1 saturated carbocycles. The molecule has 1 atom stereocenters. The van der Waals surface area contributed by atoms with Gasteiger partial charge in [0.1, 0.15) is 5.75 Å². The molecule has 0 amide bonds. The Morgan fingerprint density at radius 2 is 2.00 bits per heavy atom. The van der Waals surface area contributed by atoms with Gasteiger partial charge in [0.15, 0.2) is 0 Å². The first kappa shape index (κ1) is 15.3. The van der Waals surface area contributed by atoms with E-state index >= 15 is 0 Å². The Kier molecular flexibility index (Phi) is 5.84. The minimum absolute atomic E-state index is 0.351. The van der Waals surface area contributed by atoms with E-state index in [2.05, 4.69) is 43.2 Å². The van der Waals surface area contributed by atoms with E-state index in [1.54, 1.807) is 0 Å². The molecule has 0 spiro atoms. The normalized spacial score (nSPS) is 24.4. The third kappa shape index (κ3) is 4.20. The number of pyridine rings is 1. The van der Waals surface area contributed by atoms with Crippen LogP contribution < -0.4 is 10.1 Å². The zero-order valence-electron chi connectivity index (χ0n) is 13.1. The summed E-state index contributed by atoms with van der Waals surface area (Å²) < 4.78 is 6.05. The number of aromatic nitrogens is 1. The van der Waals surface area contributed by atoms with Crippen LogP contribution in [-0.4, -0.2) is 17.6 Å². The van der Waals surface area contributed by atoms with E-state index in [0.717, 1.165) is 30.3 Å². The van der Waals surface area contributed by atoms with Crippen LogP contribution in [0.4, 0.5) is 0 Å². The first-order chi connectivity index (χ1) is 9.72. The molecule has 1 unspecified atom stereocenters. The zero-order valence-corrected chi connectivity index (χ0v) is 13.1. The standard InChI is InChI=1S/C17H28N2O/c1-4-16(18-5-2)17-11-10-15(12-19-17)20-14-8-6-13(3)7-9-14/h10-14,16,18H,4-9H2,1-3H3. The average Bonchev–Trinajstić information content (AvgIpc) is 2.48. The Bertz CT molecular complexity index is 382. The fraction of sp³-hybridized carbons (Fsp3) is 0.706. The van der Waals surface area contributed by atoms with Crippen molar-refractivity contribution in [3.63, 3.8) is 0 Å². The SMILES string of the molecule is CCNC(CC)c1ccc(OC2CCC(C)CC2)cn1. The van der Waals surface area contributed by atoms with Gasteiger partial charge in [0.25, 0.3) is 0 Å². The van der Waals surface area contributed by atoms with E-state index in [1.165, 1.54) is 25.7 Å². The van der Waals surface area contributed by atoms with Crippen LogP contribution in [0.2, 0.25) is 0 Å². The maximum Gasteiger partial charge on any atom is 0.138 e.